The second-order valence-corrected chi connectivity index (χ2v) is 5.02. The quantitative estimate of drug-likeness (QED) is 0.850. The van der Waals surface area contributed by atoms with Gasteiger partial charge >= 0.3 is 0 Å². The minimum Gasteiger partial charge on any atom is -0.372 e. The zero-order chi connectivity index (χ0) is 14.5. The Kier molecular flexibility index (Phi) is 5.06. The third kappa shape index (κ3) is 3.76. The fraction of sp³-hybridized carbons (Fsp3) is 0.533. The summed E-state index contributed by atoms with van der Waals surface area (Å²) in [5.74, 6) is -1.59. The first-order chi connectivity index (χ1) is 9.60. The number of halogens is 2. The lowest BCUT2D eigenvalue weighted by atomic mass is 10.1. The lowest BCUT2D eigenvalue weighted by Crippen LogP contribution is -2.42. The predicted molar refractivity (Wildman–Crippen MR) is 71.0 cm³/mol. The first-order valence-corrected chi connectivity index (χ1v) is 6.93. The van der Waals surface area contributed by atoms with E-state index in [0.717, 1.165) is 31.5 Å². The van der Waals surface area contributed by atoms with Crippen LogP contribution in [-0.4, -0.2) is 30.0 Å². The summed E-state index contributed by atoms with van der Waals surface area (Å²) >= 11 is 0. The van der Waals surface area contributed by atoms with E-state index in [-0.39, 0.29) is 18.6 Å². The normalized spacial score (nSPS) is 19.1. The van der Waals surface area contributed by atoms with Crippen LogP contribution in [-0.2, 0) is 16.1 Å². The molecule has 1 amide bonds. The van der Waals surface area contributed by atoms with Crippen molar-refractivity contribution in [1.29, 1.82) is 0 Å². The second-order valence-electron chi connectivity index (χ2n) is 5.02. The molecule has 5 heteroatoms. The molecule has 0 unspecified atom stereocenters. The topological polar surface area (TPSA) is 29.5 Å². The summed E-state index contributed by atoms with van der Waals surface area (Å²) in [4.78, 5) is 13.5. The van der Waals surface area contributed by atoms with Gasteiger partial charge in [-0.3, -0.25) is 4.79 Å². The molecule has 2 rings (SSSR count). The van der Waals surface area contributed by atoms with E-state index in [1.54, 1.807) is 4.90 Å². The number of hydrogen-bond donors (Lipinski definition) is 0. The highest BCUT2D eigenvalue weighted by atomic mass is 19.2. The SMILES string of the molecule is CCC(=O)N1CCC[C@@H](OCc2ccc(F)c(F)c2)C1. The monoisotopic (exact) mass is 283 g/mol. The first-order valence-electron chi connectivity index (χ1n) is 6.93. The zero-order valence-electron chi connectivity index (χ0n) is 11.6. The molecule has 0 aromatic heterocycles. The summed E-state index contributed by atoms with van der Waals surface area (Å²) in [5, 5.41) is 0. The molecule has 1 saturated heterocycles. The largest absolute Gasteiger partial charge is 0.372 e. The van der Waals surface area contributed by atoms with Crippen molar-refractivity contribution >= 4 is 5.91 Å². The number of rotatable bonds is 4. The molecule has 1 aromatic rings. The summed E-state index contributed by atoms with van der Waals surface area (Å²) in [6, 6.07) is 3.76. The molecule has 1 atom stereocenters. The Morgan fingerprint density at radius 1 is 1.40 bits per heavy atom. The molecule has 1 aliphatic rings. The zero-order valence-corrected chi connectivity index (χ0v) is 11.6. The smallest absolute Gasteiger partial charge is 0.222 e. The minimum atomic E-state index is -0.863. The van der Waals surface area contributed by atoms with E-state index in [2.05, 4.69) is 0 Å². The van der Waals surface area contributed by atoms with Crippen LogP contribution in [0.3, 0.4) is 0 Å². The van der Waals surface area contributed by atoms with E-state index in [9.17, 15) is 13.6 Å². The molecular weight excluding hydrogens is 264 g/mol. The van der Waals surface area contributed by atoms with Crippen LogP contribution in [0.5, 0.6) is 0 Å². The highest BCUT2D eigenvalue weighted by Crippen LogP contribution is 2.17. The Hall–Kier alpha value is -1.49. The standard InChI is InChI=1S/C15H19F2NO2/c1-2-15(19)18-7-3-4-12(9-18)20-10-11-5-6-13(16)14(17)8-11/h5-6,8,12H,2-4,7,9-10H2,1H3/t12-/m1/s1. The van der Waals surface area contributed by atoms with Gasteiger partial charge in [0.15, 0.2) is 11.6 Å². The third-order valence-electron chi connectivity index (χ3n) is 3.50. The molecule has 20 heavy (non-hydrogen) atoms. The van der Waals surface area contributed by atoms with Crippen LogP contribution < -0.4 is 0 Å². The summed E-state index contributed by atoms with van der Waals surface area (Å²) in [5.41, 5.74) is 0.600. The molecule has 3 nitrogen and oxygen atoms in total. The van der Waals surface area contributed by atoms with Crippen molar-refractivity contribution in [1.82, 2.24) is 4.90 Å². The van der Waals surface area contributed by atoms with Crippen LogP contribution in [0.25, 0.3) is 0 Å². The van der Waals surface area contributed by atoms with Gasteiger partial charge in [-0.05, 0) is 30.5 Å². The van der Waals surface area contributed by atoms with E-state index in [1.807, 2.05) is 6.92 Å². The average molecular weight is 283 g/mol. The van der Waals surface area contributed by atoms with Crippen molar-refractivity contribution < 1.29 is 18.3 Å². The Balaban J connectivity index is 1.87. The number of nitrogens with zero attached hydrogens (tertiary/aromatic N) is 1. The molecule has 110 valence electrons. The molecule has 0 saturated carbocycles. The van der Waals surface area contributed by atoms with Gasteiger partial charge in [-0.2, -0.15) is 0 Å². The van der Waals surface area contributed by atoms with Gasteiger partial charge in [0, 0.05) is 19.5 Å². The van der Waals surface area contributed by atoms with Crippen molar-refractivity contribution in [3.8, 4) is 0 Å². The van der Waals surface area contributed by atoms with Crippen LogP contribution in [0.2, 0.25) is 0 Å². The van der Waals surface area contributed by atoms with Gasteiger partial charge in [0.05, 0.1) is 12.7 Å². The Morgan fingerprint density at radius 2 is 2.20 bits per heavy atom. The van der Waals surface area contributed by atoms with Gasteiger partial charge in [0.25, 0.3) is 0 Å². The molecule has 0 aliphatic carbocycles. The van der Waals surface area contributed by atoms with Crippen molar-refractivity contribution in [2.45, 2.75) is 38.9 Å². The number of amides is 1. The lowest BCUT2D eigenvalue weighted by Gasteiger charge is -2.32. The summed E-state index contributed by atoms with van der Waals surface area (Å²) < 4.78 is 31.6. The molecule has 1 aliphatic heterocycles. The minimum absolute atomic E-state index is 0.0348. The van der Waals surface area contributed by atoms with Gasteiger partial charge in [-0.1, -0.05) is 13.0 Å². The third-order valence-corrected chi connectivity index (χ3v) is 3.50. The molecule has 0 bridgehead atoms. The van der Waals surface area contributed by atoms with E-state index in [4.69, 9.17) is 4.74 Å². The van der Waals surface area contributed by atoms with Gasteiger partial charge in [-0.25, -0.2) is 8.78 Å². The van der Waals surface area contributed by atoms with E-state index >= 15 is 0 Å². The fourth-order valence-electron chi connectivity index (χ4n) is 2.37. The van der Waals surface area contributed by atoms with Crippen LogP contribution in [0.4, 0.5) is 8.78 Å². The number of carbonyl (C=O) groups is 1. The second kappa shape index (κ2) is 6.79. The van der Waals surface area contributed by atoms with Crippen molar-refractivity contribution in [3.63, 3.8) is 0 Å². The maximum atomic E-state index is 13.1. The van der Waals surface area contributed by atoms with Gasteiger partial charge in [0.1, 0.15) is 0 Å². The Bertz CT molecular complexity index is 479. The van der Waals surface area contributed by atoms with Gasteiger partial charge in [-0.15, -0.1) is 0 Å². The van der Waals surface area contributed by atoms with Crippen molar-refractivity contribution in [3.05, 3.63) is 35.4 Å². The fourth-order valence-corrected chi connectivity index (χ4v) is 2.37. The predicted octanol–water partition coefficient (Wildman–Crippen LogP) is 2.88. The number of likely N-dealkylation sites (tertiary alicyclic amines) is 1. The van der Waals surface area contributed by atoms with Crippen LogP contribution >= 0.6 is 0 Å². The van der Waals surface area contributed by atoms with Crippen LogP contribution in [0.1, 0.15) is 31.7 Å². The van der Waals surface area contributed by atoms with Crippen LogP contribution in [0.15, 0.2) is 18.2 Å². The number of hydrogen-bond acceptors (Lipinski definition) is 2. The maximum Gasteiger partial charge on any atom is 0.222 e. The molecule has 1 fully saturated rings. The van der Waals surface area contributed by atoms with E-state index in [0.29, 0.717) is 18.5 Å². The summed E-state index contributed by atoms with van der Waals surface area (Å²) in [6.45, 7) is 3.43. The van der Waals surface area contributed by atoms with E-state index in [1.165, 1.54) is 6.07 Å². The molecule has 0 spiro atoms. The van der Waals surface area contributed by atoms with Gasteiger partial charge < -0.3 is 9.64 Å². The lowest BCUT2D eigenvalue weighted by molar-refractivity contribution is -0.135. The highest BCUT2D eigenvalue weighted by molar-refractivity contribution is 5.75. The Labute approximate surface area is 117 Å². The summed E-state index contributed by atoms with van der Waals surface area (Å²) in [6.07, 6.45) is 2.26. The Morgan fingerprint density at radius 3 is 2.90 bits per heavy atom. The highest BCUT2D eigenvalue weighted by Gasteiger charge is 2.23. The van der Waals surface area contributed by atoms with E-state index < -0.39 is 11.6 Å². The maximum absolute atomic E-state index is 13.1. The summed E-state index contributed by atoms with van der Waals surface area (Å²) in [7, 11) is 0. The number of piperidine rings is 1. The van der Waals surface area contributed by atoms with Crippen LogP contribution in [0, 0.1) is 11.6 Å². The first kappa shape index (κ1) is 14.9. The van der Waals surface area contributed by atoms with Crippen molar-refractivity contribution in [2.24, 2.45) is 0 Å². The number of ether oxygens (including phenoxy) is 1. The molecule has 1 heterocycles. The molecule has 1 aromatic carbocycles. The molecular formula is C15H19F2NO2. The van der Waals surface area contributed by atoms with Gasteiger partial charge in [0.2, 0.25) is 5.91 Å². The van der Waals surface area contributed by atoms with Crippen molar-refractivity contribution in [2.75, 3.05) is 13.1 Å². The molecule has 0 radical (unpaired) electrons. The number of benzene rings is 1. The number of carbonyl (C=O) groups excluding carboxylic acids is 1. The average Bonchev–Trinajstić information content (AvgIpc) is 2.48. The molecule has 0 N–H and O–H groups in total.